The lowest BCUT2D eigenvalue weighted by Gasteiger charge is -2.37. The van der Waals surface area contributed by atoms with Gasteiger partial charge in [-0.2, -0.15) is 0 Å². The summed E-state index contributed by atoms with van der Waals surface area (Å²) in [6, 6.07) is -0.633. The van der Waals surface area contributed by atoms with Gasteiger partial charge in [0.2, 0.25) is 5.91 Å². The lowest BCUT2D eigenvalue weighted by molar-refractivity contribution is -0.152. The highest BCUT2D eigenvalue weighted by molar-refractivity contribution is 8.01. The first kappa shape index (κ1) is 16.3. The molecule has 1 heterocycles. The van der Waals surface area contributed by atoms with Crippen molar-refractivity contribution in [3.8, 4) is 0 Å². The van der Waals surface area contributed by atoms with Gasteiger partial charge in [-0.3, -0.25) is 4.79 Å². The third kappa shape index (κ3) is 5.05. The van der Waals surface area contributed by atoms with E-state index in [0.717, 1.165) is 12.8 Å². The Morgan fingerprint density at radius 3 is 2.47 bits per heavy atom. The van der Waals surface area contributed by atoms with Crippen molar-refractivity contribution in [1.82, 2.24) is 4.90 Å². The predicted molar refractivity (Wildman–Crippen MR) is 78.4 cm³/mol. The van der Waals surface area contributed by atoms with Crippen molar-refractivity contribution >= 4 is 23.6 Å². The van der Waals surface area contributed by atoms with Gasteiger partial charge in [-0.1, -0.05) is 34.1 Å². The zero-order chi connectivity index (χ0) is 14.6. The summed E-state index contributed by atoms with van der Waals surface area (Å²) in [4.78, 5) is 25.1. The monoisotopic (exact) mass is 287 g/mol. The van der Waals surface area contributed by atoms with Crippen molar-refractivity contribution in [1.29, 1.82) is 0 Å². The number of amides is 1. The first-order valence-electron chi connectivity index (χ1n) is 6.91. The van der Waals surface area contributed by atoms with Crippen LogP contribution in [0.15, 0.2) is 0 Å². The van der Waals surface area contributed by atoms with Crippen molar-refractivity contribution in [3.05, 3.63) is 0 Å². The Morgan fingerprint density at radius 1 is 1.37 bits per heavy atom. The molecule has 4 nitrogen and oxygen atoms in total. The van der Waals surface area contributed by atoms with E-state index in [1.165, 1.54) is 0 Å². The zero-order valence-corrected chi connectivity index (χ0v) is 13.1. The van der Waals surface area contributed by atoms with Gasteiger partial charge in [0.05, 0.1) is 5.75 Å². The van der Waals surface area contributed by atoms with Gasteiger partial charge in [0.25, 0.3) is 0 Å². The van der Waals surface area contributed by atoms with Crippen LogP contribution in [0.3, 0.4) is 0 Å². The number of carbonyl (C=O) groups excluding carboxylic acids is 1. The number of rotatable bonds is 4. The van der Waals surface area contributed by atoms with Gasteiger partial charge in [-0.15, -0.1) is 11.8 Å². The Kier molecular flexibility index (Phi) is 5.71. The molecular weight excluding hydrogens is 262 g/mol. The molecule has 0 aromatic heterocycles. The molecular formula is C14H25NO3S. The number of hydrogen-bond acceptors (Lipinski definition) is 3. The van der Waals surface area contributed by atoms with Gasteiger partial charge >= 0.3 is 5.97 Å². The summed E-state index contributed by atoms with van der Waals surface area (Å²) in [7, 11) is 0. The number of thioether (sulfide) groups is 1. The normalized spacial score (nSPS) is 24.3. The van der Waals surface area contributed by atoms with Gasteiger partial charge in [-0.25, -0.2) is 4.79 Å². The van der Waals surface area contributed by atoms with E-state index in [1.807, 2.05) is 0 Å². The molecule has 5 heteroatoms. The van der Waals surface area contributed by atoms with Gasteiger partial charge < -0.3 is 10.0 Å². The molecule has 1 fully saturated rings. The largest absolute Gasteiger partial charge is 0.480 e. The van der Waals surface area contributed by atoms with Gasteiger partial charge in [0, 0.05) is 11.3 Å². The van der Waals surface area contributed by atoms with Crippen molar-refractivity contribution < 1.29 is 14.7 Å². The van der Waals surface area contributed by atoms with Crippen molar-refractivity contribution in [2.45, 2.75) is 57.7 Å². The molecule has 0 saturated carbocycles. The van der Waals surface area contributed by atoms with E-state index in [9.17, 15) is 14.7 Å². The third-order valence-corrected chi connectivity index (χ3v) is 4.78. The summed E-state index contributed by atoms with van der Waals surface area (Å²) < 4.78 is 0.0239. The molecule has 2 unspecified atom stereocenters. The van der Waals surface area contributed by atoms with Gasteiger partial charge in [0.1, 0.15) is 6.04 Å². The second-order valence-corrected chi connectivity index (χ2v) is 7.94. The zero-order valence-electron chi connectivity index (χ0n) is 12.3. The molecule has 0 aromatic carbocycles. The highest BCUT2D eigenvalue weighted by atomic mass is 32.2. The smallest absolute Gasteiger partial charge is 0.326 e. The fourth-order valence-corrected chi connectivity index (χ4v) is 3.03. The maximum Gasteiger partial charge on any atom is 0.326 e. The van der Waals surface area contributed by atoms with Crippen LogP contribution in [0.5, 0.6) is 0 Å². The number of likely N-dealkylation sites (tertiary alicyclic amines) is 1. The first-order chi connectivity index (χ1) is 8.74. The molecule has 0 radical (unpaired) electrons. The van der Waals surface area contributed by atoms with Crippen LogP contribution in [0.4, 0.5) is 0 Å². The lowest BCUT2D eigenvalue weighted by atomic mass is 9.89. The number of carbonyl (C=O) groups is 2. The minimum Gasteiger partial charge on any atom is -0.480 e. The van der Waals surface area contributed by atoms with Crippen LogP contribution in [-0.2, 0) is 9.59 Å². The Morgan fingerprint density at radius 2 is 2.00 bits per heavy atom. The van der Waals surface area contributed by atoms with E-state index in [2.05, 4.69) is 27.7 Å². The number of carboxylic acids is 1. The van der Waals surface area contributed by atoms with E-state index < -0.39 is 12.0 Å². The minimum atomic E-state index is -0.868. The summed E-state index contributed by atoms with van der Waals surface area (Å²) in [6.07, 6.45) is 2.51. The molecule has 1 aliphatic rings. The van der Waals surface area contributed by atoms with Crippen LogP contribution >= 0.6 is 11.8 Å². The van der Waals surface area contributed by atoms with Crippen molar-refractivity contribution in [3.63, 3.8) is 0 Å². The maximum atomic E-state index is 12.2. The molecule has 0 aromatic rings. The topological polar surface area (TPSA) is 57.6 Å². The van der Waals surface area contributed by atoms with Crippen LogP contribution in [0.1, 0.15) is 47.0 Å². The number of nitrogens with zero attached hydrogens (tertiary/aromatic N) is 1. The summed E-state index contributed by atoms with van der Waals surface area (Å²) in [5.74, 6) is -0.112. The van der Waals surface area contributed by atoms with Crippen LogP contribution in [-0.4, -0.2) is 45.0 Å². The molecule has 1 aliphatic heterocycles. The number of piperidine rings is 1. The Hall–Kier alpha value is -0.710. The Balaban J connectivity index is 2.64. The molecule has 0 aliphatic carbocycles. The molecule has 1 rings (SSSR count). The minimum absolute atomic E-state index is 0.0239. The van der Waals surface area contributed by atoms with Crippen LogP contribution < -0.4 is 0 Å². The van der Waals surface area contributed by atoms with E-state index in [4.69, 9.17) is 0 Å². The summed E-state index contributed by atoms with van der Waals surface area (Å²) in [5, 5.41) is 9.30. The Bertz CT molecular complexity index is 338. The molecule has 0 bridgehead atoms. The van der Waals surface area contributed by atoms with Crippen LogP contribution in [0.2, 0.25) is 0 Å². The predicted octanol–water partition coefficient (Wildman–Crippen LogP) is 2.62. The van der Waals surface area contributed by atoms with E-state index in [0.29, 0.717) is 24.6 Å². The molecule has 1 N–H and O–H groups in total. The Labute approximate surface area is 119 Å². The molecule has 2 atom stereocenters. The quantitative estimate of drug-likeness (QED) is 0.863. The van der Waals surface area contributed by atoms with Crippen LogP contribution in [0.25, 0.3) is 0 Å². The van der Waals surface area contributed by atoms with Crippen molar-refractivity contribution in [2.75, 3.05) is 12.3 Å². The molecule has 19 heavy (non-hydrogen) atoms. The first-order valence-corrected chi connectivity index (χ1v) is 7.89. The fourth-order valence-electron chi connectivity index (χ4n) is 2.30. The standard InChI is InChI=1S/C14H25NO3S/c1-5-10-6-7-15(11(8-10)13(17)18)12(16)9-19-14(2,3)4/h10-11H,5-9H2,1-4H3,(H,17,18). The maximum absolute atomic E-state index is 12.2. The van der Waals surface area contributed by atoms with E-state index >= 15 is 0 Å². The van der Waals surface area contributed by atoms with Crippen LogP contribution in [0, 0.1) is 5.92 Å². The fraction of sp³-hybridized carbons (Fsp3) is 0.857. The van der Waals surface area contributed by atoms with Crippen molar-refractivity contribution in [2.24, 2.45) is 5.92 Å². The SMILES string of the molecule is CCC1CCN(C(=O)CSC(C)(C)C)C(C(=O)O)C1. The average Bonchev–Trinajstić information content (AvgIpc) is 2.34. The highest BCUT2D eigenvalue weighted by Gasteiger charge is 2.35. The highest BCUT2D eigenvalue weighted by Crippen LogP contribution is 2.28. The molecule has 1 amide bonds. The molecule has 0 spiro atoms. The average molecular weight is 287 g/mol. The van der Waals surface area contributed by atoms with E-state index in [1.54, 1.807) is 16.7 Å². The second-order valence-electron chi connectivity index (χ2n) is 6.14. The third-order valence-electron chi connectivity index (χ3n) is 3.52. The van der Waals surface area contributed by atoms with Gasteiger partial charge in [-0.05, 0) is 18.8 Å². The second kappa shape index (κ2) is 6.64. The number of hydrogen-bond donors (Lipinski definition) is 1. The molecule has 1 saturated heterocycles. The number of carboxylic acid groups (broad SMARTS) is 1. The number of aliphatic carboxylic acids is 1. The van der Waals surface area contributed by atoms with Gasteiger partial charge in [0.15, 0.2) is 0 Å². The summed E-state index contributed by atoms with van der Waals surface area (Å²) in [6.45, 7) is 8.84. The summed E-state index contributed by atoms with van der Waals surface area (Å²) >= 11 is 1.57. The summed E-state index contributed by atoms with van der Waals surface area (Å²) in [5.41, 5.74) is 0. The lowest BCUT2D eigenvalue weighted by Crippen LogP contribution is -2.50. The van der Waals surface area contributed by atoms with E-state index in [-0.39, 0.29) is 10.7 Å². The molecule has 110 valence electrons.